The van der Waals surface area contributed by atoms with Crippen LogP contribution in [0.2, 0.25) is 0 Å². The molecule has 6 nitrogen and oxygen atoms in total. The molecule has 0 radical (unpaired) electrons. The number of carbonyl (C=O) groups is 3. The Morgan fingerprint density at radius 2 is 2.15 bits per heavy atom. The van der Waals surface area contributed by atoms with Gasteiger partial charge in [0.25, 0.3) is 0 Å². The zero-order valence-electron chi connectivity index (χ0n) is 11.4. The highest BCUT2D eigenvalue weighted by atomic mass is 16.4. The van der Waals surface area contributed by atoms with E-state index in [4.69, 9.17) is 0 Å². The molecule has 0 aromatic heterocycles. The van der Waals surface area contributed by atoms with Gasteiger partial charge in [0.05, 0.1) is 5.41 Å². The van der Waals surface area contributed by atoms with E-state index in [0.717, 1.165) is 12.8 Å². The number of carboxylic acid groups (broad SMARTS) is 1. The molecular formula is C14H20N2O4. The molecular weight excluding hydrogens is 260 g/mol. The highest BCUT2D eigenvalue weighted by molar-refractivity contribution is 5.88. The van der Waals surface area contributed by atoms with E-state index in [1.165, 1.54) is 0 Å². The van der Waals surface area contributed by atoms with Crippen molar-refractivity contribution in [1.82, 2.24) is 10.2 Å². The summed E-state index contributed by atoms with van der Waals surface area (Å²) in [6, 6.07) is 0. The molecule has 110 valence electrons. The molecule has 2 saturated heterocycles. The lowest BCUT2D eigenvalue weighted by molar-refractivity contribution is -0.150. The quantitative estimate of drug-likeness (QED) is 0.758. The second-order valence-corrected chi connectivity index (χ2v) is 6.31. The first-order valence-corrected chi connectivity index (χ1v) is 7.32. The lowest BCUT2D eigenvalue weighted by atomic mass is 9.81. The highest BCUT2D eigenvalue weighted by Gasteiger charge is 2.56. The maximum Gasteiger partial charge on any atom is 0.311 e. The normalized spacial score (nSPS) is 36.6. The molecule has 6 heteroatoms. The third-order valence-electron chi connectivity index (χ3n) is 5.20. The van der Waals surface area contributed by atoms with Gasteiger partial charge in [-0.05, 0) is 25.2 Å². The van der Waals surface area contributed by atoms with Crippen molar-refractivity contribution >= 4 is 17.8 Å². The highest BCUT2D eigenvalue weighted by Crippen LogP contribution is 2.49. The lowest BCUT2D eigenvalue weighted by Gasteiger charge is -2.27. The zero-order chi connectivity index (χ0) is 14.3. The van der Waals surface area contributed by atoms with Crippen molar-refractivity contribution in [3.63, 3.8) is 0 Å². The first-order valence-electron chi connectivity index (χ1n) is 7.32. The molecule has 3 fully saturated rings. The van der Waals surface area contributed by atoms with Crippen LogP contribution in [0, 0.1) is 17.3 Å². The minimum absolute atomic E-state index is 0.0325. The molecule has 2 N–H and O–H groups in total. The molecule has 2 aliphatic heterocycles. The second-order valence-electron chi connectivity index (χ2n) is 6.31. The number of aliphatic carboxylic acids is 1. The van der Waals surface area contributed by atoms with Crippen molar-refractivity contribution in [2.24, 2.45) is 17.3 Å². The summed E-state index contributed by atoms with van der Waals surface area (Å²) < 4.78 is 0. The Hall–Kier alpha value is -1.59. The average Bonchev–Trinajstić information content (AvgIpc) is 2.95. The fourth-order valence-electron chi connectivity index (χ4n) is 4.06. The Morgan fingerprint density at radius 3 is 2.80 bits per heavy atom. The number of fused-ring (bicyclic) bond motifs is 1. The van der Waals surface area contributed by atoms with Crippen LogP contribution in [0.4, 0.5) is 0 Å². The first kappa shape index (κ1) is 13.4. The van der Waals surface area contributed by atoms with Crippen LogP contribution in [0.3, 0.4) is 0 Å². The van der Waals surface area contributed by atoms with E-state index in [1.807, 2.05) is 0 Å². The average molecular weight is 280 g/mol. The lowest BCUT2D eigenvalue weighted by Crippen LogP contribution is -2.43. The van der Waals surface area contributed by atoms with Gasteiger partial charge in [0.1, 0.15) is 0 Å². The van der Waals surface area contributed by atoms with Crippen LogP contribution < -0.4 is 5.32 Å². The minimum atomic E-state index is -0.767. The topological polar surface area (TPSA) is 86.7 Å². The van der Waals surface area contributed by atoms with Crippen molar-refractivity contribution < 1.29 is 19.5 Å². The van der Waals surface area contributed by atoms with E-state index in [2.05, 4.69) is 5.32 Å². The summed E-state index contributed by atoms with van der Waals surface area (Å²) in [5, 5.41) is 12.2. The summed E-state index contributed by atoms with van der Waals surface area (Å²) in [6.45, 7) is 1.41. The van der Waals surface area contributed by atoms with Gasteiger partial charge in [-0.15, -0.1) is 0 Å². The van der Waals surface area contributed by atoms with Crippen LogP contribution in [0.5, 0.6) is 0 Å². The molecule has 2 heterocycles. The molecule has 1 saturated carbocycles. The van der Waals surface area contributed by atoms with Crippen LogP contribution in [-0.4, -0.2) is 47.4 Å². The number of nitrogens with zero attached hydrogens (tertiary/aromatic N) is 1. The van der Waals surface area contributed by atoms with Crippen molar-refractivity contribution in [2.75, 3.05) is 19.6 Å². The Kier molecular flexibility index (Phi) is 3.18. The molecule has 0 aromatic carbocycles. The number of rotatable bonds is 2. The smallest absolute Gasteiger partial charge is 0.311 e. The number of nitrogens with one attached hydrogen (secondary N) is 1. The molecule has 3 atom stereocenters. The van der Waals surface area contributed by atoms with Gasteiger partial charge in [0.15, 0.2) is 0 Å². The van der Waals surface area contributed by atoms with Crippen LogP contribution in [0.15, 0.2) is 0 Å². The summed E-state index contributed by atoms with van der Waals surface area (Å²) in [4.78, 5) is 37.2. The van der Waals surface area contributed by atoms with Crippen molar-refractivity contribution in [3.8, 4) is 0 Å². The van der Waals surface area contributed by atoms with Gasteiger partial charge in [-0.2, -0.15) is 0 Å². The number of carbonyl (C=O) groups excluding carboxylic acids is 2. The molecule has 3 rings (SSSR count). The van der Waals surface area contributed by atoms with Crippen molar-refractivity contribution in [2.45, 2.75) is 32.1 Å². The largest absolute Gasteiger partial charge is 0.481 e. The second kappa shape index (κ2) is 4.75. The van der Waals surface area contributed by atoms with E-state index >= 15 is 0 Å². The first-order chi connectivity index (χ1) is 9.53. The third-order valence-corrected chi connectivity index (χ3v) is 5.20. The van der Waals surface area contributed by atoms with Crippen molar-refractivity contribution in [1.29, 1.82) is 0 Å². The fourth-order valence-corrected chi connectivity index (χ4v) is 4.06. The molecule has 2 amide bonds. The van der Waals surface area contributed by atoms with Crippen LogP contribution in [-0.2, 0) is 14.4 Å². The van der Waals surface area contributed by atoms with Crippen LogP contribution in [0.25, 0.3) is 0 Å². The Labute approximate surface area is 117 Å². The number of hydrogen-bond acceptors (Lipinski definition) is 3. The summed E-state index contributed by atoms with van der Waals surface area (Å²) in [6.07, 6.45) is 3.39. The van der Waals surface area contributed by atoms with Gasteiger partial charge in [-0.3, -0.25) is 14.4 Å². The summed E-state index contributed by atoms with van der Waals surface area (Å²) in [7, 11) is 0. The molecule has 0 bridgehead atoms. The number of likely N-dealkylation sites (tertiary alicyclic amines) is 1. The maximum atomic E-state index is 12.5. The van der Waals surface area contributed by atoms with E-state index < -0.39 is 11.4 Å². The number of carboxylic acids is 1. The molecule has 1 unspecified atom stereocenters. The van der Waals surface area contributed by atoms with Gasteiger partial charge < -0.3 is 15.3 Å². The van der Waals surface area contributed by atoms with E-state index in [-0.39, 0.29) is 30.1 Å². The summed E-state index contributed by atoms with van der Waals surface area (Å²) in [5.74, 6) is -1.07. The third kappa shape index (κ3) is 1.98. The number of amides is 2. The maximum absolute atomic E-state index is 12.5. The van der Waals surface area contributed by atoms with E-state index in [1.54, 1.807) is 4.90 Å². The van der Waals surface area contributed by atoms with Gasteiger partial charge in [0.2, 0.25) is 11.8 Å². The Morgan fingerprint density at radius 1 is 1.35 bits per heavy atom. The molecule has 0 aromatic rings. The predicted octanol–water partition coefficient (Wildman–Crippen LogP) is 0.226. The number of piperidine rings is 1. The summed E-state index contributed by atoms with van der Waals surface area (Å²) >= 11 is 0. The molecule has 20 heavy (non-hydrogen) atoms. The minimum Gasteiger partial charge on any atom is -0.481 e. The van der Waals surface area contributed by atoms with Crippen LogP contribution in [0.1, 0.15) is 32.1 Å². The van der Waals surface area contributed by atoms with Gasteiger partial charge in [0, 0.05) is 32.0 Å². The molecule has 1 aliphatic carbocycles. The van der Waals surface area contributed by atoms with E-state index in [9.17, 15) is 19.5 Å². The zero-order valence-corrected chi connectivity index (χ0v) is 11.4. The van der Waals surface area contributed by atoms with E-state index in [0.29, 0.717) is 32.5 Å². The predicted molar refractivity (Wildman–Crippen MR) is 69.7 cm³/mol. The van der Waals surface area contributed by atoms with Gasteiger partial charge in [-0.1, -0.05) is 6.42 Å². The Bertz CT molecular complexity index is 464. The number of hydrogen-bond donors (Lipinski definition) is 2. The monoisotopic (exact) mass is 280 g/mol. The van der Waals surface area contributed by atoms with Gasteiger partial charge in [-0.25, -0.2) is 0 Å². The van der Waals surface area contributed by atoms with Crippen molar-refractivity contribution in [3.05, 3.63) is 0 Å². The SMILES string of the molecule is O=C1CC(C(=O)N2C[C@@H]3CCC[C@@]3(C(=O)O)C2)CCN1. The van der Waals surface area contributed by atoms with Gasteiger partial charge >= 0.3 is 5.97 Å². The fraction of sp³-hybridized carbons (Fsp3) is 0.786. The van der Waals surface area contributed by atoms with Crippen LogP contribution >= 0.6 is 0 Å². The molecule has 3 aliphatic rings. The Balaban J connectivity index is 1.72. The standard InChI is InChI=1S/C14H20N2O4/c17-11-6-9(3-5-15-11)12(18)16-7-10-2-1-4-14(10,8-16)13(19)20/h9-10H,1-8H2,(H,15,17)(H,19,20)/t9?,10-,14+/m0/s1. The summed E-state index contributed by atoms with van der Waals surface area (Å²) in [5.41, 5.74) is -0.730. The molecule has 0 spiro atoms.